The number of hydrogen-bond acceptors (Lipinski definition) is 5. The Balaban J connectivity index is 1.90. The van der Waals surface area contributed by atoms with Gasteiger partial charge in [-0.25, -0.2) is 0 Å². The maximum absolute atomic E-state index is 11.2. The highest BCUT2D eigenvalue weighted by molar-refractivity contribution is 6.60. The van der Waals surface area contributed by atoms with Gasteiger partial charge in [0.2, 0.25) is 0 Å². The Labute approximate surface area is 210 Å². The lowest BCUT2D eigenvalue weighted by Gasteiger charge is -2.28. The summed E-state index contributed by atoms with van der Waals surface area (Å²) in [5, 5.41) is 22.4. The Kier molecular flexibility index (Phi) is 10.4. The number of hydrogen-bond donors (Lipinski definition) is 2. The zero-order valence-electron chi connectivity index (χ0n) is 21.1. The van der Waals surface area contributed by atoms with Gasteiger partial charge in [0.1, 0.15) is 11.5 Å². The molecule has 0 radical (unpaired) electrons. The summed E-state index contributed by atoms with van der Waals surface area (Å²) in [4.78, 5) is 0. The van der Waals surface area contributed by atoms with Gasteiger partial charge in [-0.15, -0.1) is 0 Å². The van der Waals surface area contributed by atoms with Gasteiger partial charge in [-0.1, -0.05) is 60.7 Å². The van der Waals surface area contributed by atoms with Gasteiger partial charge < -0.3 is 23.5 Å². The molecule has 0 atom stereocenters. The normalized spacial score (nSPS) is 11.6. The number of benzene rings is 3. The van der Waals surface area contributed by atoms with E-state index >= 15 is 0 Å². The SMILES string of the molecule is CCO[Si](CCCc1c(O)c(Cc2ccccc2)cc(Cc2ccccc2)c1O)(OCC)OCC. The molecule has 6 heteroatoms. The topological polar surface area (TPSA) is 68.2 Å². The monoisotopic (exact) mass is 494 g/mol. The third-order valence-electron chi connectivity index (χ3n) is 6.01. The smallest absolute Gasteiger partial charge is 0.500 e. The minimum absolute atomic E-state index is 0.166. The first kappa shape index (κ1) is 27.0. The summed E-state index contributed by atoms with van der Waals surface area (Å²) in [5.74, 6) is 0.333. The molecule has 3 aromatic carbocycles. The van der Waals surface area contributed by atoms with Crippen LogP contribution in [0.25, 0.3) is 0 Å². The summed E-state index contributed by atoms with van der Waals surface area (Å²) in [6.45, 7) is 7.41. The maximum Gasteiger partial charge on any atom is 0.500 e. The molecular weight excluding hydrogens is 456 g/mol. The number of aromatic hydroxyl groups is 2. The van der Waals surface area contributed by atoms with Crippen LogP contribution in [0.15, 0.2) is 66.7 Å². The molecule has 0 bridgehead atoms. The molecule has 3 rings (SSSR count). The Hall–Kier alpha value is -2.64. The molecule has 0 saturated heterocycles. The Morgan fingerprint density at radius 2 is 1.09 bits per heavy atom. The van der Waals surface area contributed by atoms with Crippen LogP contribution >= 0.6 is 0 Å². The van der Waals surface area contributed by atoms with E-state index < -0.39 is 8.80 Å². The Morgan fingerprint density at radius 3 is 1.49 bits per heavy atom. The van der Waals surface area contributed by atoms with Crippen LogP contribution in [0.1, 0.15) is 55.0 Å². The van der Waals surface area contributed by atoms with Gasteiger partial charge in [0.05, 0.1) is 0 Å². The molecule has 35 heavy (non-hydrogen) atoms. The fourth-order valence-corrected chi connectivity index (χ4v) is 7.08. The van der Waals surface area contributed by atoms with Gasteiger partial charge in [-0.2, -0.15) is 0 Å². The molecule has 3 aromatic rings. The highest BCUT2D eigenvalue weighted by Gasteiger charge is 2.39. The first-order valence-corrected chi connectivity index (χ1v) is 14.5. The van der Waals surface area contributed by atoms with Crippen molar-refractivity contribution in [2.45, 2.75) is 52.5 Å². The Bertz CT molecular complexity index is 957. The van der Waals surface area contributed by atoms with Crippen molar-refractivity contribution in [3.05, 3.63) is 94.5 Å². The van der Waals surface area contributed by atoms with E-state index in [2.05, 4.69) is 24.3 Å². The molecule has 0 fully saturated rings. The van der Waals surface area contributed by atoms with Crippen LogP contribution in [0.4, 0.5) is 0 Å². The van der Waals surface area contributed by atoms with E-state index in [0.717, 1.165) is 22.3 Å². The number of rotatable bonds is 14. The van der Waals surface area contributed by atoms with Gasteiger partial charge in [0, 0.05) is 44.3 Å². The minimum Gasteiger partial charge on any atom is -0.507 e. The molecule has 0 unspecified atom stereocenters. The second-order valence-electron chi connectivity index (χ2n) is 8.53. The molecule has 188 valence electrons. The van der Waals surface area contributed by atoms with E-state index in [0.29, 0.717) is 57.1 Å². The highest BCUT2D eigenvalue weighted by Crippen LogP contribution is 2.38. The fraction of sp³-hybridized carbons (Fsp3) is 0.379. The van der Waals surface area contributed by atoms with Crippen LogP contribution in [-0.2, 0) is 32.5 Å². The predicted molar refractivity (Wildman–Crippen MR) is 142 cm³/mol. The largest absolute Gasteiger partial charge is 0.507 e. The molecule has 0 saturated carbocycles. The zero-order valence-corrected chi connectivity index (χ0v) is 22.1. The summed E-state index contributed by atoms with van der Waals surface area (Å²) < 4.78 is 18.0. The molecule has 5 nitrogen and oxygen atoms in total. The molecule has 0 amide bonds. The molecule has 0 aliphatic rings. The van der Waals surface area contributed by atoms with Crippen LogP contribution in [0.2, 0.25) is 6.04 Å². The molecule has 0 spiro atoms. The van der Waals surface area contributed by atoms with E-state index in [1.165, 1.54) is 0 Å². The van der Waals surface area contributed by atoms with Crippen LogP contribution in [0.5, 0.6) is 11.5 Å². The average molecular weight is 495 g/mol. The third kappa shape index (κ3) is 7.42. The average Bonchev–Trinajstić information content (AvgIpc) is 2.86. The van der Waals surface area contributed by atoms with Crippen molar-refractivity contribution in [3.63, 3.8) is 0 Å². The van der Waals surface area contributed by atoms with Crippen LogP contribution in [0.3, 0.4) is 0 Å². The molecule has 0 heterocycles. The van der Waals surface area contributed by atoms with E-state index in [4.69, 9.17) is 13.3 Å². The molecular formula is C29H38O5Si. The van der Waals surface area contributed by atoms with E-state index in [1.807, 2.05) is 63.2 Å². The van der Waals surface area contributed by atoms with Crippen molar-refractivity contribution in [1.29, 1.82) is 0 Å². The van der Waals surface area contributed by atoms with E-state index in [9.17, 15) is 10.2 Å². The van der Waals surface area contributed by atoms with Gasteiger partial charge in [-0.3, -0.25) is 0 Å². The maximum atomic E-state index is 11.2. The lowest BCUT2D eigenvalue weighted by atomic mass is 9.92. The Morgan fingerprint density at radius 1 is 0.657 bits per heavy atom. The lowest BCUT2D eigenvalue weighted by Crippen LogP contribution is -2.46. The van der Waals surface area contributed by atoms with Crippen molar-refractivity contribution >= 4 is 8.80 Å². The van der Waals surface area contributed by atoms with Gasteiger partial charge in [0.25, 0.3) is 0 Å². The predicted octanol–water partition coefficient (Wildman–Crippen LogP) is 6.26. The highest BCUT2D eigenvalue weighted by atomic mass is 28.4. The minimum atomic E-state index is -2.80. The van der Waals surface area contributed by atoms with E-state index in [-0.39, 0.29) is 11.5 Å². The van der Waals surface area contributed by atoms with Crippen LogP contribution in [-0.4, -0.2) is 38.8 Å². The van der Waals surface area contributed by atoms with Crippen LogP contribution in [0, 0.1) is 0 Å². The number of phenols is 2. The first-order valence-electron chi connectivity index (χ1n) is 12.6. The summed E-state index contributed by atoms with van der Waals surface area (Å²) in [6.07, 6.45) is 2.37. The van der Waals surface area contributed by atoms with Crippen molar-refractivity contribution in [3.8, 4) is 11.5 Å². The van der Waals surface area contributed by atoms with Crippen molar-refractivity contribution < 1.29 is 23.5 Å². The standard InChI is InChI=1S/C29H38O5Si/c1-4-32-35(33-5-2,34-6-3)19-13-18-27-28(30)25(20-23-14-9-7-10-15-23)22-26(29(27)31)21-24-16-11-8-12-17-24/h7-12,14-17,22,30-31H,4-6,13,18-21H2,1-3H3. The summed E-state index contributed by atoms with van der Waals surface area (Å²) >= 11 is 0. The summed E-state index contributed by atoms with van der Waals surface area (Å²) in [7, 11) is -2.80. The fourth-order valence-electron chi connectivity index (χ4n) is 4.47. The van der Waals surface area contributed by atoms with Gasteiger partial charge >= 0.3 is 8.80 Å². The van der Waals surface area contributed by atoms with Gasteiger partial charge in [-0.05, 0) is 61.9 Å². The van der Waals surface area contributed by atoms with Crippen molar-refractivity contribution in [2.24, 2.45) is 0 Å². The molecule has 0 aromatic heterocycles. The first-order chi connectivity index (χ1) is 17.0. The lowest BCUT2D eigenvalue weighted by molar-refractivity contribution is 0.0708. The quantitative estimate of drug-likeness (QED) is 0.259. The van der Waals surface area contributed by atoms with Crippen molar-refractivity contribution in [2.75, 3.05) is 19.8 Å². The zero-order chi connectivity index (χ0) is 25.1. The number of phenolic OH excluding ortho intramolecular Hbond substituents is 2. The third-order valence-corrected chi connectivity index (χ3v) is 9.16. The summed E-state index contributed by atoms with van der Waals surface area (Å²) in [6, 6.07) is 22.7. The summed E-state index contributed by atoms with van der Waals surface area (Å²) in [5.41, 5.74) is 4.44. The molecule has 2 N–H and O–H groups in total. The van der Waals surface area contributed by atoms with Gasteiger partial charge in [0.15, 0.2) is 0 Å². The van der Waals surface area contributed by atoms with Crippen molar-refractivity contribution in [1.82, 2.24) is 0 Å². The molecule has 0 aliphatic heterocycles. The second kappa shape index (κ2) is 13.4. The second-order valence-corrected chi connectivity index (χ2v) is 11.3. The van der Waals surface area contributed by atoms with Crippen LogP contribution < -0.4 is 0 Å². The van der Waals surface area contributed by atoms with E-state index in [1.54, 1.807) is 0 Å². The molecule has 0 aliphatic carbocycles.